The lowest BCUT2D eigenvalue weighted by Crippen LogP contribution is -2.03. The van der Waals surface area contributed by atoms with Gasteiger partial charge in [0, 0.05) is 0 Å². The summed E-state index contributed by atoms with van der Waals surface area (Å²) in [5.74, 6) is 0. The van der Waals surface area contributed by atoms with Gasteiger partial charge in [0.15, 0.2) is 0 Å². The van der Waals surface area contributed by atoms with Crippen LogP contribution in [0.25, 0.3) is 0 Å². The van der Waals surface area contributed by atoms with Crippen LogP contribution in [0.5, 0.6) is 0 Å². The molecule has 0 fully saturated rings. The molecule has 4 heteroatoms. The van der Waals surface area contributed by atoms with Gasteiger partial charge < -0.3 is 9.05 Å². The van der Waals surface area contributed by atoms with E-state index >= 15 is 0 Å². The quantitative estimate of drug-likeness (QED) is 0.122. The zero-order valence-electron chi connectivity index (χ0n) is 19.5. The molecule has 0 heterocycles. The maximum Gasteiger partial charge on any atom is 0.330 e. The van der Waals surface area contributed by atoms with Crippen molar-refractivity contribution in [2.45, 2.75) is 136 Å². The van der Waals surface area contributed by atoms with Gasteiger partial charge in [-0.25, -0.2) is 0 Å². The Bertz CT molecular complexity index is 333. The van der Waals surface area contributed by atoms with Crippen LogP contribution in [0.3, 0.4) is 0 Å². The Kier molecular flexibility index (Phi) is 22.0. The van der Waals surface area contributed by atoms with Crippen molar-refractivity contribution in [2.24, 2.45) is 0 Å². The van der Waals surface area contributed by atoms with Gasteiger partial charge >= 0.3 is 7.60 Å². The highest BCUT2D eigenvalue weighted by atomic mass is 31.2. The van der Waals surface area contributed by atoms with E-state index in [2.05, 4.69) is 20.8 Å². The van der Waals surface area contributed by atoms with Crippen molar-refractivity contribution >= 4 is 7.60 Å². The molecule has 0 aliphatic carbocycles. The van der Waals surface area contributed by atoms with E-state index in [4.69, 9.17) is 9.05 Å². The summed E-state index contributed by atoms with van der Waals surface area (Å²) in [6, 6.07) is 0. The first kappa shape index (κ1) is 28.1. The molecule has 0 saturated carbocycles. The second kappa shape index (κ2) is 21.8. The van der Waals surface area contributed by atoms with E-state index in [1.165, 1.54) is 77.0 Å². The Hall–Kier alpha value is 0.150. The smallest absolute Gasteiger partial charge is 0.309 e. The standard InChI is InChI=1S/C24H51O3P/c1-4-7-10-11-12-13-14-15-16-17-18-19-20-21-24-28(25,26-22-8-5-2)27-23-9-6-3/h4-24H2,1-3H3. The van der Waals surface area contributed by atoms with Crippen molar-refractivity contribution in [3.8, 4) is 0 Å². The summed E-state index contributed by atoms with van der Waals surface area (Å²) in [5.41, 5.74) is 0. The third kappa shape index (κ3) is 19.5. The number of rotatable bonds is 23. The first-order valence-corrected chi connectivity index (χ1v) is 14.3. The summed E-state index contributed by atoms with van der Waals surface area (Å²) >= 11 is 0. The molecule has 0 aromatic rings. The Balaban J connectivity index is 3.58. The molecule has 0 aliphatic rings. The van der Waals surface area contributed by atoms with Crippen LogP contribution >= 0.6 is 7.60 Å². The summed E-state index contributed by atoms with van der Waals surface area (Å²) in [4.78, 5) is 0. The van der Waals surface area contributed by atoms with Crippen molar-refractivity contribution in [1.29, 1.82) is 0 Å². The molecule has 0 aromatic carbocycles. The highest BCUT2D eigenvalue weighted by Gasteiger charge is 2.23. The third-order valence-corrected chi connectivity index (χ3v) is 7.37. The van der Waals surface area contributed by atoms with Crippen LogP contribution in [0.2, 0.25) is 0 Å². The lowest BCUT2D eigenvalue weighted by molar-refractivity contribution is 0.199. The van der Waals surface area contributed by atoms with E-state index in [9.17, 15) is 4.57 Å². The van der Waals surface area contributed by atoms with Gasteiger partial charge in [-0.05, 0) is 19.3 Å². The predicted molar refractivity (Wildman–Crippen MR) is 125 cm³/mol. The average molecular weight is 419 g/mol. The lowest BCUT2D eigenvalue weighted by Gasteiger charge is -2.18. The summed E-state index contributed by atoms with van der Waals surface area (Å²) in [7, 11) is -2.86. The lowest BCUT2D eigenvalue weighted by atomic mass is 10.0. The van der Waals surface area contributed by atoms with Gasteiger partial charge in [-0.1, -0.05) is 117 Å². The Labute approximate surface area is 177 Å². The van der Waals surface area contributed by atoms with Crippen molar-refractivity contribution in [3.05, 3.63) is 0 Å². The fraction of sp³-hybridized carbons (Fsp3) is 1.00. The monoisotopic (exact) mass is 418 g/mol. The average Bonchev–Trinajstić information content (AvgIpc) is 2.69. The Morgan fingerprint density at radius 2 is 0.786 bits per heavy atom. The van der Waals surface area contributed by atoms with Crippen LogP contribution in [-0.4, -0.2) is 19.4 Å². The maximum atomic E-state index is 12.8. The molecule has 3 nitrogen and oxygen atoms in total. The van der Waals surface area contributed by atoms with Gasteiger partial charge in [0.1, 0.15) is 0 Å². The molecular weight excluding hydrogens is 367 g/mol. The molecule has 0 spiro atoms. The number of unbranched alkanes of at least 4 members (excludes halogenated alkanes) is 15. The van der Waals surface area contributed by atoms with E-state index in [0.29, 0.717) is 19.4 Å². The minimum Gasteiger partial charge on any atom is -0.309 e. The summed E-state index contributed by atoms with van der Waals surface area (Å²) in [6.45, 7) is 7.66. The highest BCUT2D eigenvalue weighted by Crippen LogP contribution is 2.49. The molecule has 0 rings (SSSR count). The zero-order chi connectivity index (χ0) is 20.8. The topological polar surface area (TPSA) is 35.5 Å². The second-order valence-corrected chi connectivity index (χ2v) is 10.5. The molecule has 28 heavy (non-hydrogen) atoms. The molecule has 0 N–H and O–H groups in total. The van der Waals surface area contributed by atoms with E-state index in [-0.39, 0.29) is 0 Å². The van der Waals surface area contributed by atoms with Crippen LogP contribution in [0, 0.1) is 0 Å². The molecule has 170 valence electrons. The van der Waals surface area contributed by atoms with Crippen molar-refractivity contribution in [3.63, 3.8) is 0 Å². The highest BCUT2D eigenvalue weighted by molar-refractivity contribution is 7.53. The molecular formula is C24H51O3P. The summed E-state index contributed by atoms with van der Waals surface area (Å²) < 4.78 is 24.2. The van der Waals surface area contributed by atoms with Crippen LogP contribution in [0.4, 0.5) is 0 Å². The Morgan fingerprint density at radius 3 is 1.14 bits per heavy atom. The molecule has 0 saturated heterocycles. The third-order valence-electron chi connectivity index (χ3n) is 5.36. The molecule has 0 amide bonds. The normalized spacial score (nSPS) is 12.0. The van der Waals surface area contributed by atoms with Crippen LogP contribution in [0.1, 0.15) is 136 Å². The van der Waals surface area contributed by atoms with Gasteiger partial charge in [0.05, 0.1) is 19.4 Å². The number of hydrogen-bond donors (Lipinski definition) is 0. The van der Waals surface area contributed by atoms with Gasteiger partial charge in [-0.2, -0.15) is 0 Å². The summed E-state index contributed by atoms with van der Waals surface area (Å²) in [5, 5.41) is 0. The van der Waals surface area contributed by atoms with E-state index in [1.54, 1.807) is 0 Å². The first-order chi connectivity index (χ1) is 13.7. The minimum atomic E-state index is -2.86. The zero-order valence-corrected chi connectivity index (χ0v) is 20.4. The predicted octanol–water partition coefficient (Wildman–Crippen LogP) is 9.29. The fourth-order valence-corrected chi connectivity index (χ4v) is 5.12. The fourth-order valence-electron chi connectivity index (χ4n) is 3.36. The molecule has 0 aliphatic heterocycles. The van der Waals surface area contributed by atoms with Crippen molar-refractivity contribution in [2.75, 3.05) is 19.4 Å². The number of hydrogen-bond acceptors (Lipinski definition) is 3. The van der Waals surface area contributed by atoms with E-state index in [1.807, 2.05) is 0 Å². The SMILES string of the molecule is CCCCCCCCCCCCCCCCP(=O)(OCCCC)OCCCC. The van der Waals surface area contributed by atoms with Gasteiger partial charge in [0.2, 0.25) is 0 Å². The molecule has 0 aromatic heterocycles. The molecule has 0 unspecified atom stereocenters. The molecule has 0 atom stereocenters. The minimum absolute atomic E-state index is 0.568. The van der Waals surface area contributed by atoms with Gasteiger partial charge in [-0.3, -0.25) is 4.57 Å². The Morgan fingerprint density at radius 1 is 0.464 bits per heavy atom. The van der Waals surface area contributed by atoms with E-state index in [0.717, 1.165) is 38.5 Å². The second-order valence-electron chi connectivity index (χ2n) is 8.30. The van der Waals surface area contributed by atoms with Gasteiger partial charge in [-0.15, -0.1) is 0 Å². The summed E-state index contributed by atoms with van der Waals surface area (Å²) in [6.07, 6.45) is 23.3. The molecule has 0 radical (unpaired) electrons. The molecule has 0 bridgehead atoms. The van der Waals surface area contributed by atoms with Gasteiger partial charge in [0.25, 0.3) is 0 Å². The van der Waals surface area contributed by atoms with Crippen molar-refractivity contribution in [1.82, 2.24) is 0 Å². The van der Waals surface area contributed by atoms with Crippen LogP contribution in [0.15, 0.2) is 0 Å². The van der Waals surface area contributed by atoms with Crippen LogP contribution in [-0.2, 0) is 13.6 Å². The van der Waals surface area contributed by atoms with Crippen molar-refractivity contribution < 1.29 is 13.6 Å². The maximum absolute atomic E-state index is 12.8. The first-order valence-electron chi connectivity index (χ1n) is 12.6. The van der Waals surface area contributed by atoms with E-state index < -0.39 is 7.60 Å². The van der Waals surface area contributed by atoms with Crippen LogP contribution < -0.4 is 0 Å². The largest absolute Gasteiger partial charge is 0.330 e.